The van der Waals surface area contributed by atoms with Crippen LogP contribution in [0.5, 0.6) is 0 Å². The van der Waals surface area contributed by atoms with E-state index in [0.717, 1.165) is 11.6 Å². The standard InChI is InChI=1S/C8H14N4S/c9-6-3-1-2-4-7(6)13-8-10-5-11-12-8/h5-7H,1-4,9H2,(H,10,11,12). The SMILES string of the molecule is NC1CCCCC1Sc1ncn[nH]1. The van der Waals surface area contributed by atoms with Crippen molar-refractivity contribution in [3.05, 3.63) is 6.33 Å². The van der Waals surface area contributed by atoms with Crippen LogP contribution < -0.4 is 5.73 Å². The number of thioether (sulfide) groups is 1. The van der Waals surface area contributed by atoms with Crippen LogP contribution in [-0.2, 0) is 0 Å². The molecule has 0 radical (unpaired) electrons. The van der Waals surface area contributed by atoms with Gasteiger partial charge in [0.2, 0.25) is 0 Å². The molecule has 1 aromatic rings. The number of aromatic amines is 1. The molecule has 3 N–H and O–H groups in total. The fourth-order valence-electron chi connectivity index (χ4n) is 1.67. The first-order valence-corrected chi connectivity index (χ1v) is 5.52. The molecule has 13 heavy (non-hydrogen) atoms. The highest BCUT2D eigenvalue weighted by molar-refractivity contribution is 7.99. The predicted octanol–water partition coefficient (Wildman–Crippen LogP) is 1.17. The summed E-state index contributed by atoms with van der Waals surface area (Å²) in [4.78, 5) is 4.09. The quantitative estimate of drug-likeness (QED) is 0.748. The van der Waals surface area contributed by atoms with Crippen molar-refractivity contribution in [3.63, 3.8) is 0 Å². The topological polar surface area (TPSA) is 67.6 Å². The zero-order valence-electron chi connectivity index (χ0n) is 7.44. The Kier molecular flexibility index (Phi) is 2.85. The van der Waals surface area contributed by atoms with Crippen molar-refractivity contribution >= 4 is 11.8 Å². The van der Waals surface area contributed by atoms with Crippen molar-refractivity contribution in [1.29, 1.82) is 0 Å². The van der Waals surface area contributed by atoms with Gasteiger partial charge in [0.25, 0.3) is 0 Å². The second-order valence-corrected chi connectivity index (χ2v) is 4.62. The van der Waals surface area contributed by atoms with Gasteiger partial charge in [-0.25, -0.2) is 4.98 Å². The van der Waals surface area contributed by atoms with Crippen LogP contribution in [0.2, 0.25) is 0 Å². The molecule has 72 valence electrons. The first-order valence-electron chi connectivity index (χ1n) is 4.64. The highest BCUT2D eigenvalue weighted by atomic mass is 32.2. The second-order valence-electron chi connectivity index (χ2n) is 3.40. The van der Waals surface area contributed by atoms with E-state index in [9.17, 15) is 0 Å². The average molecular weight is 198 g/mol. The van der Waals surface area contributed by atoms with Gasteiger partial charge in [0.05, 0.1) is 0 Å². The molecule has 1 fully saturated rings. The third-order valence-corrected chi connectivity index (χ3v) is 3.72. The lowest BCUT2D eigenvalue weighted by Crippen LogP contribution is -2.35. The van der Waals surface area contributed by atoms with Gasteiger partial charge in [-0.3, -0.25) is 5.10 Å². The average Bonchev–Trinajstić information content (AvgIpc) is 2.61. The van der Waals surface area contributed by atoms with E-state index in [2.05, 4.69) is 15.2 Å². The molecule has 0 saturated heterocycles. The zero-order chi connectivity index (χ0) is 9.10. The number of nitrogens with two attached hydrogens (primary N) is 1. The number of rotatable bonds is 2. The van der Waals surface area contributed by atoms with Gasteiger partial charge in [-0.05, 0) is 12.8 Å². The zero-order valence-corrected chi connectivity index (χ0v) is 8.26. The van der Waals surface area contributed by atoms with Gasteiger partial charge >= 0.3 is 0 Å². The van der Waals surface area contributed by atoms with Gasteiger partial charge in [-0.15, -0.1) is 0 Å². The van der Waals surface area contributed by atoms with Gasteiger partial charge in [-0.2, -0.15) is 5.10 Å². The highest BCUT2D eigenvalue weighted by Gasteiger charge is 2.23. The van der Waals surface area contributed by atoms with Crippen LogP contribution >= 0.6 is 11.8 Å². The summed E-state index contributed by atoms with van der Waals surface area (Å²) in [5.74, 6) is 0. The van der Waals surface area contributed by atoms with E-state index < -0.39 is 0 Å². The molecule has 1 heterocycles. The number of nitrogens with zero attached hydrogens (tertiary/aromatic N) is 2. The maximum absolute atomic E-state index is 6.01. The summed E-state index contributed by atoms with van der Waals surface area (Å²) < 4.78 is 0. The fraction of sp³-hybridized carbons (Fsp3) is 0.750. The van der Waals surface area contributed by atoms with Gasteiger partial charge in [0, 0.05) is 11.3 Å². The number of hydrogen-bond donors (Lipinski definition) is 2. The minimum absolute atomic E-state index is 0.323. The van der Waals surface area contributed by atoms with Crippen LogP contribution in [-0.4, -0.2) is 26.5 Å². The molecule has 0 aromatic carbocycles. The van der Waals surface area contributed by atoms with Crippen LogP contribution in [0.3, 0.4) is 0 Å². The van der Waals surface area contributed by atoms with Crippen molar-refractivity contribution < 1.29 is 0 Å². The summed E-state index contributed by atoms with van der Waals surface area (Å²) in [6.07, 6.45) is 6.45. The molecular formula is C8H14N4S. The molecule has 4 nitrogen and oxygen atoms in total. The summed E-state index contributed by atoms with van der Waals surface area (Å²) >= 11 is 1.73. The summed E-state index contributed by atoms with van der Waals surface area (Å²) in [6.45, 7) is 0. The van der Waals surface area contributed by atoms with E-state index in [4.69, 9.17) is 5.73 Å². The summed E-state index contributed by atoms with van der Waals surface area (Å²) in [7, 11) is 0. The monoisotopic (exact) mass is 198 g/mol. The Morgan fingerprint density at radius 2 is 2.31 bits per heavy atom. The maximum atomic E-state index is 6.01. The Labute approximate surface area is 81.7 Å². The Balaban J connectivity index is 1.93. The lowest BCUT2D eigenvalue weighted by molar-refractivity contribution is 0.453. The third-order valence-electron chi connectivity index (χ3n) is 2.41. The Bertz CT molecular complexity index is 249. The van der Waals surface area contributed by atoms with Gasteiger partial charge < -0.3 is 5.73 Å². The molecule has 2 rings (SSSR count). The Morgan fingerprint density at radius 1 is 1.46 bits per heavy atom. The van der Waals surface area contributed by atoms with E-state index in [-0.39, 0.29) is 0 Å². The second kappa shape index (κ2) is 4.11. The first kappa shape index (κ1) is 9.02. The lowest BCUT2D eigenvalue weighted by atomic mass is 9.96. The molecule has 1 aliphatic rings. The normalized spacial score (nSPS) is 29.0. The van der Waals surface area contributed by atoms with Crippen molar-refractivity contribution in [1.82, 2.24) is 15.2 Å². The van der Waals surface area contributed by atoms with Gasteiger partial charge in [0.1, 0.15) is 6.33 Å². The Morgan fingerprint density at radius 3 is 3.00 bits per heavy atom. The number of nitrogens with one attached hydrogen (secondary N) is 1. The summed E-state index contributed by atoms with van der Waals surface area (Å²) in [5, 5.41) is 8.07. The van der Waals surface area contributed by atoms with E-state index in [0.29, 0.717) is 11.3 Å². The van der Waals surface area contributed by atoms with Crippen LogP contribution in [0.1, 0.15) is 25.7 Å². The maximum Gasteiger partial charge on any atom is 0.183 e. The van der Waals surface area contributed by atoms with Gasteiger partial charge in [0.15, 0.2) is 5.16 Å². The number of aromatic nitrogens is 3. The van der Waals surface area contributed by atoms with Crippen molar-refractivity contribution in [2.24, 2.45) is 5.73 Å². The van der Waals surface area contributed by atoms with E-state index in [1.807, 2.05) is 0 Å². The number of H-pyrrole nitrogens is 1. The molecule has 0 amide bonds. The fourth-order valence-corrected chi connectivity index (χ4v) is 2.76. The molecule has 1 aliphatic carbocycles. The molecule has 1 saturated carbocycles. The van der Waals surface area contributed by atoms with Crippen molar-refractivity contribution in [2.45, 2.75) is 42.1 Å². The molecule has 2 unspecified atom stereocenters. The first-order chi connectivity index (χ1) is 6.36. The van der Waals surface area contributed by atoms with Crippen LogP contribution in [0.15, 0.2) is 11.5 Å². The Hall–Kier alpha value is -0.550. The largest absolute Gasteiger partial charge is 0.327 e. The van der Waals surface area contributed by atoms with E-state index >= 15 is 0 Å². The van der Waals surface area contributed by atoms with Crippen LogP contribution in [0.25, 0.3) is 0 Å². The van der Waals surface area contributed by atoms with E-state index in [1.54, 1.807) is 11.8 Å². The minimum atomic E-state index is 0.323. The van der Waals surface area contributed by atoms with E-state index in [1.165, 1.54) is 25.6 Å². The molecule has 2 atom stereocenters. The molecule has 5 heteroatoms. The van der Waals surface area contributed by atoms with Crippen LogP contribution in [0.4, 0.5) is 0 Å². The molecule has 0 spiro atoms. The molecular weight excluding hydrogens is 184 g/mol. The molecule has 0 bridgehead atoms. The van der Waals surface area contributed by atoms with Crippen molar-refractivity contribution in [3.8, 4) is 0 Å². The van der Waals surface area contributed by atoms with Crippen molar-refractivity contribution in [2.75, 3.05) is 0 Å². The van der Waals surface area contributed by atoms with Crippen LogP contribution in [0, 0.1) is 0 Å². The highest BCUT2D eigenvalue weighted by Crippen LogP contribution is 2.30. The third kappa shape index (κ3) is 2.22. The summed E-state index contributed by atoms with van der Waals surface area (Å²) in [6, 6.07) is 0.323. The smallest absolute Gasteiger partial charge is 0.183 e. The predicted molar refractivity (Wildman–Crippen MR) is 52.5 cm³/mol. The molecule has 1 aromatic heterocycles. The lowest BCUT2D eigenvalue weighted by Gasteiger charge is -2.26. The number of hydrogen-bond acceptors (Lipinski definition) is 4. The molecule has 0 aliphatic heterocycles. The minimum Gasteiger partial charge on any atom is -0.327 e. The van der Waals surface area contributed by atoms with Gasteiger partial charge in [-0.1, -0.05) is 24.6 Å². The summed E-state index contributed by atoms with van der Waals surface area (Å²) in [5.41, 5.74) is 6.01.